The summed E-state index contributed by atoms with van der Waals surface area (Å²) < 4.78 is 0. The van der Waals surface area contributed by atoms with Gasteiger partial charge in [-0.2, -0.15) is 0 Å². The third kappa shape index (κ3) is 19.2. The normalized spacial score (nSPS) is 10.7. The van der Waals surface area contributed by atoms with Crippen LogP contribution in [0.4, 0.5) is 0 Å². The van der Waals surface area contributed by atoms with Crippen molar-refractivity contribution in [1.29, 1.82) is 0 Å². The Hall–Kier alpha value is -0.850. The minimum absolute atomic E-state index is 0.493. The number of allylic oxidation sites excluding steroid dienone is 2. The van der Waals surface area contributed by atoms with Crippen LogP contribution in [-0.4, -0.2) is 5.78 Å². The molecule has 0 aliphatic rings. The van der Waals surface area contributed by atoms with Crippen LogP contribution in [0.3, 0.4) is 0 Å². The molecule has 0 heterocycles. The summed E-state index contributed by atoms with van der Waals surface area (Å²) >= 11 is 0. The van der Waals surface area contributed by atoms with E-state index in [4.69, 9.17) is 0 Å². The van der Waals surface area contributed by atoms with E-state index in [1.54, 1.807) is 0 Å². The minimum Gasteiger partial charge on any atom is -0.300 e. The van der Waals surface area contributed by atoms with Gasteiger partial charge in [0.05, 0.1) is 0 Å². The van der Waals surface area contributed by atoms with Crippen molar-refractivity contribution in [1.82, 2.24) is 0 Å². The Kier molecular flexibility index (Phi) is 19.5. The molecule has 0 saturated carbocycles. The summed E-state index contributed by atoms with van der Waals surface area (Å²) in [4.78, 5) is 11.8. The molecule has 0 aromatic carbocycles. The Bertz CT molecular complexity index is 264. The third-order valence-corrected chi connectivity index (χ3v) is 4.73. The molecule has 0 fully saturated rings. The van der Waals surface area contributed by atoms with E-state index >= 15 is 0 Å². The lowest BCUT2D eigenvalue weighted by atomic mass is 10.0. The Morgan fingerprint density at radius 2 is 0.792 bits per heavy atom. The summed E-state index contributed by atoms with van der Waals surface area (Å²) in [6, 6.07) is 0. The Balaban J connectivity index is 3.16. The van der Waals surface area contributed by atoms with Gasteiger partial charge in [0, 0.05) is 12.8 Å². The first-order chi connectivity index (χ1) is 11.8. The second kappa shape index (κ2) is 20.2. The lowest BCUT2D eigenvalue weighted by Crippen LogP contribution is -1.97. The predicted molar refractivity (Wildman–Crippen MR) is 109 cm³/mol. The van der Waals surface area contributed by atoms with Crippen molar-refractivity contribution < 1.29 is 4.79 Å². The zero-order valence-electron chi connectivity index (χ0n) is 16.2. The molecule has 0 rings (SSSR count). The van der Waals surface area contributed by atoms with E-state index in [9.17, 15) is 4.79 Å². The van der Waals surface area contributed by atoms with E-state index in [0.29, 0.717) is 5.78 Å². The third-order valence-electron chi connectivity index (χ3n) is 4.73. The van der Waals surface area contributed by atoms with Crippen molar-refractivity contribution in [3.8, 4) is 0 Å². The monoisotopic (exact) mass is 334 g/mol. The van der Waals surface area contributed by atoms with Crippen molar-refractivity contribution >= 4 is 5.78 Å². The molecule has 0 aliphatic heterocycles. The lowest BCUT2D eigenvalue weighted by molar-refractivity contribution is -0.119. The number of ketones is 1. The van der Waals surface area contributed by atoms with Crippen LogP contribution in [0.15, 0.2) is 25.3 Å². The molecule has 0 atom stereocenters. The largest absolute Gasteiger partial charge is 0.300 e. The van der Waals surface area contributed by atoms with Gasteiger partial charge in [0.2, 0.25) is 0 Å². The molecule has 0 aromatic heterocycles. The van der Waals surface area contributed by atoms with E-state index in [1.165, 1.54) is 77.0 Å². The van der Waals surface area contributed by atoms with Gasteiger partial charge in [0.15, 0.2) is 0 Å². The minimum atomic E-state index is 0.493. The van der Waals surface area contributed by atoms with Crippen LogP contribution in [0.5, 0.6) is 0 Å². The van der Waals surface area contributed by atoms with Gasteiger partial charge in [-0.25, -0.2) is 0 Å². The van der Waals surface area contributed by atoms with Crippen molar-refractivity contribution in [3.63, 3.8) is 0 Å². The second-order valence-corrected chi connectivity index (χ2v) is 7.14. The molecule has 1 nitrogen and oxygen atoms in total. The van der Waals surface area contributed by atoms with Gasteiger partial charge in [-0.05, 0) is 38.5 Å². The Morgan fingerprint density at radius 1 is 0.500 bits per heavy atom. The highest BCUT2D eigenvalue weighted by molar-refractivity contribution is 5.78. The van der Waals surface area contributed by atoms with Crippen LogP contribution < -0.4 is 0 Å². The van der Waals surface area contributed by atoms with E-state index in [0.717, 1.165) is 38.5 Å². The number of carbonyl (C=O) groups excluding carboxylic acids is 1. The van der Waals surface area contributed by atoms with E-state index in [2.05, 4.69) is 13.2 Å². The quantitative estimate of drug-likeness (QED) is 0.163. The first-order valence-corrected chi connectivity index (χ1v) is 10.5. The fraction of sp³-hybridized carbons (Fsp3) is 0.783. The molecular weight excluding hydrogens is 292 g/mol. The van der Waals surface area contributed by atoms with Crippen molar-refractivity contribution in [2.75, 3.05) is 0 Å². The summed E-state index contributed by atoms with van der Waals surface area (Å²) in [5.74, 6) is 0.493. The zero-order valence-corrected chi connectivity index (χ0v) is 16.2. The number of carbonyl (C=O) groups is 1. The van der Waals surface area contributed by atoms with Crippen molar-refractivity contribution in [3.05, 3.63) is 25.3 Å². The number of unbranched alkanes of at least 4 members (excludes halogenated alkanes) is 14. The molecule has 140 valence electrons. The molecule has 0 aromatic rings. The number of Topliss-reactive ketones (excluding diaryl/α,β-unsaturated/α-hetero) is 1. The molecule has 0 unspecified atom stereocenters. The molecule has 0 bridgehead atoms. The zero-order chi connectivity index (χ0) is 17.7. The SMILES string of the molecule is C=CCCCCCCCCCC(=O)CCCCCCCCCC=C. The van der Waals surface area contributed by atoms with Crippen LogP contribution in [0.2, 0.25) is 0 Å². The highest BCUT2D eigenvalue weighted by Crippen LogP contribution is 2.13. The fourth-order valence-electron chi connectivity index (χ4n) is 3.11. The van der Waals surface area contributed by atoms with Crippen LogP contribution in [0.1, 0.15) is 116 Å². The standard InChI is InChI=1S/C23H42O/c1-3-5-7-9-11-13-15-17-19-21-23(24)22-20-18-16-14-12-10-8-6-4-2/h3-4H,1-2,5-22H2. The number of rotatable bonds is 20. The molecule has 0 aliphatic carbocycles. The van der Waals surface area contributed by atoms with Gasteiger partial charge in [-0.3, -0.25) is 4.79 Å². The lowest BCUT2D eigenvalue weighted by Gasteiger charge is -2.03. The highest BCUT2D eigenvalue weighted by atomic mass is 16.1. The average molecular weight is 335 g/mol. The van der Waals surface area contributed by atoms with Crippen LogP contribution in [0, 0.1) is 0 Å². The Labute approximate surface area is 152 Å². The smallest absolute Gasteiger partial charge is 0.132 e. The maximum atomic E-state index is 11.8. The molecule has 0 amide bonds. The molecule has 0 radical (unpaired) electrons. The molecule has 0 saturated heterocycles. The van der Waals surface area contributed by atoms with Gasteiger partial charge < -0.3 is 0 Å². The second-order valence-electron chi connectivity index (χ2n) is 7.14. The topological polar surface area (TPSA) is 17.1 Å². The molecule has 0 N–H and O–H groups in total. The summed E-state index contributed by atoms with van der Waals surface area (Å²) in [7, 11) is 0. The van der Waals surface area contributed by atoms with Gasteiger partial charge in [0.1, 0.15) is 5.78 Å². The molecule has 0 spiro atoms. The summed E-state index contributed by atoms with van der Waals surface area (Å²) in [5.41, 5.74) is 0. The molecule has 1 heteroatoms. The maximum Gasteiger partial charge on any atom is 0.132 e. The Morgan fingerprint density at radius 3 is 1.12 bits per heavy atom. The molecular formula is C23H42O. The van der Waals surface area contributed by atoms with E-state index in [1.807, 2.05) is 12.2 Å². The van der Waals surface area contributed by atoms with Crippen molar-refractivity contribution in [2.24, 2.45) is 0 Å². The first kappa shape index (κ1) is 23.1. The summed E-state index contributed by atoms with van der Waals surface area (Å²) in [6.45, 7) is 7.50. The van der Waals surface area contributed by atoms with Gasteiger partial charge in [-0.1, -0.05) is 76.4 Å². The first-order valence-electron chi connectivity index (χ1n) is 10.5. The maximum absolute atomic E-state index is 11.8. The van der Waals surface area contributed by atoms with E-state index in [-0.39, 0.29) is 0 Å². The fourth-order valence-corrected chi connectivity index (χ4v) is 3.11. The van der Waals surface area contributed by atoms with Gasteiger partial charge in [-0.15, -0.1) is 13.2 Å². The highest BCUT2D eigenvalue weighted by Gasteiger charge is 2.02. The molecule has 24 heavy (non-hydrogen) atoms. The average Bonchev–Trinajstić information content (AvgIpc) is 2.59. The summed E-state index contributed by atoms with van der Waals surface area (Å²) in [5, 5.41) is 0. The summed E-state index contributed by atoms with van der Waals surface area (Å²) in [6.07, 6.45) is 25.8. The van der Waals surface area contributed by atoms with Crippen LogP contribution in [-0.2, 0) is 4.79 Å². The van der Waals surface area contributed by atoms with Crippen LogP contribution >= 0.6 is 0 Å². The predicted octanol–water partition coefficient (Wildman–Crippen LogP) is 7.95. The number of hydrogen-bond acceptors (Lipinski definition) is 1. The van der Waals surface area contributed by atoms with Gasteiger partial charge >= 0.3 is 0 Å². The van der Waals surface area contributed by atoms with Crippen LogP contribution in [0.25, 0.3) is 0 Å². The van der Waals surface area contributed by atoms with Gasteiger partial charge in [0.25, 0.3) is 0 Å². The van der Waals surface area contributed by atoms with Crippen molar-refractivity contribution in [2.45, 2.75) is 116 Å². The number of hydrogen-bond donors (Lipinski definition) is 0. The van der Waals surface area contributed by atoms with E-state index < -0.39 is 0 Å².